The number of para-hydroxylation sites is 1. The normalized spacial score (nSPS) is 12.7. The predicted octanol–water partition coefficient (Wildman–Crippen LogP) is 5.33. The number of carbonyl (C=O) groups excluding carboxylic acids is 3. The maximum atomic E-state index is 13.9. The molecule has 3 N–H and O–H groups in total. The van der Waals surface area contributed by atoms with E-state index in [1.165, 1.54) is 24.3 Å². The summed E-state index contributed by atoms with van der Waals surface area (Å²) < 4.78 is 5.34. The maximum absolute atomic E-state index is 13.9. The van der Waals surface area contributed by atoms with Gasteiger partial charge in [0, 0.05) is 0 Å². The molecule has 0 saturated carbocycles. The summed E-state index contributed by atoms with van der Waals surface area (Å²) in [6.45, 7) is 10.2. The van der Waals surface area contributed by atoms with Crippen molar-refractivity contribution in [2.75, 3.05) is 11.9 Å². The van der Waals surface area contributed by atoms with Crippen LogP contribution in [0.1, 0.15) is 58.2 Å². The number of rotatable bonds is 9. The lowest BCUT2D eigenvalue weighted by atomic mass is 9.99. The van der Waals surface area contributed by atoms with E-state index in [1.807, 2.05) is 19.9 Å². The molecule has 0 spiro atoms. The molecule has 0 aliphatic rings. The fourth-order valence-corrected chi connectivity index (χ4v) is 4.10. The maximum Gasteiger partial charge on any atom is 0.408 e. The van der Waals surface area contributed by atoms with E-state index in [0.29, 0.717) is 21.8 Å². The van der Waals surface area contributed by atoms with Crippen LogP contribution in [0.3, 0.4) is 0 Å². The second-order valence-electron chi connectivity index (χ2n) is 10.4. The van der Waals surface area contributed by atoms with E-state index in [0.717, 1.165) is 4.90 Å². The van der Waals surface area contributed by atoms with Gasteiger partial charge in [0.15, 0.2) is 0 Å². The minimum atomic E-state index is -1.27. The van der Waals surface area contributed by atoms with Gasteiger partial charge < -0.3 is 25.4 Å². The van der Waals surface area contributed by atoms with Crippen LogP contribution < -0.4 is 10.6 Å². The first-order valence-corrected chi connectivity index (χ1v) is 12.6. The van der Waals surface area contributed by atoms with Gasteiger partial charge in [-0.15, -0.1) is 0 Å². The molecule has 0 aliphatic carbocycles. The lowest BCUT2D eigenvalue weighted by Crippen LogP contribution is -2.53. The molecule has 2 atom stereocenters. The van der Waals surface area contributed by atoms with Crippen LogP contribution in [-0.4, -0.2) is 46.1 Å². The highest BCUT2D eigenvalue weighted by Crippen LogP contribution is 2.30. The zero-order chi connectivity index (χ0) is 28.6. The smallest absolute Gasteiger partial charge is 0.408 e. The Kier molecular flexibility index (Phi) is 10.5. The summed E-state index contributed by atoms with van der Waals surface area (Å²) in [5.74, 6) is -1.28. The van der Waals surface area contributed by atoms with Gasteiger partial charge in [-0.05, 0) is 69.4 Å². The van der Waals surface area contributed by atoms with Crippen molar-refractivity contribution >= 4 is 35.2 Å². The summed E-state index contributed by atoms with van der Waals surface area (Å²) in [4.78, 5) is 41.3. The van der Waals surface area contributed by atoms with Crippen molar-refractivity contribution in [3.05, 3.63) is 58.6 Å². The van der Waals surface area contributed by atoms with E-state index < -0.39 is 42.1 Å². The number of phenolic OH excluding ortho intramolecular Hbond substituents is 1. The Hall–Kier alpha value is -3.77. The highest BCUT2D eigenvalue weighted by Gasteiger charge is 2.37. The summed E-state index contributed by atoms with van der Waals surface area (Å²) in [6.07, 6.45) is -0.543. The van der Waals surface area contributed by atoms with Crippen LogP contribution in [-0.2, 0) is 14.3 Å². The molecular weight excluding hydrogens is 508 g/mol. The van der Waals surface area contributed by atoms with Crippen molar-refractivity contribution in [3.63, 3.8) is 0 Å². The number of aryl methyl sites for hydroxylation is 1. The largest absolute Gasteiger partial charge is 0.508 e. The number of ether oxygens (including phenoxy) is 1. The molecular formula is C28H35ClN4O5. The third-order valence-corrected chi connectivity index (χ3v) is 5.77. The molecule has 0 aliphatic heterocycles. The average Bonchev–Trinajstić information content (AvgIpc) is 2.80. The molecule has 0 fully saturated rings. The second kappa shape index (κ2) is 13.2. The Bertz CT molecular complexity index is 1160. The molecule has 0 radical (unpaired) electrons. The van der Waals surface area contributed by atoms with Crippen LogP contribution in [0, 0.1) is 24.2 Å². The fourth-order valence-electron chi connectivity index (χ4n) is 3.83. The van der Waals surface area contributed by atoms with Crippen LogP contribution in [0.2, 0.25) is 5.02 Å². The molecule has 0 heterocycles. The lowest BCUT2D eigenvalue weighted by molar-refractivity contribution is -0.140. The van der Waals surface area contributed by atoms with Crippen LogP contribution in [0.4, 0.5) is 10.5 Å². The first-order chi connectivity index (χ1) is 17.7. The summed E-state index contributed by atoms with van der Waals surface area (Å²) in [6, 6.07) is 10.5. The van der Waals surface area contributed by atoms with Crippen molar-refractivity contribution in [1.29, 1.82) is 5.26 Å². The van der Waals surface area contributed by atoms with E-state index >= 15 is 0 Å². The van der Waals surface area contributed by atoms with Gasteiger partial charge in [-0.1, -0.05) is 49.7 Å². The Morgan fingerprint density at radius 3 is 2.29 bits per heavy atom. The number of phenols is 1. The summed E-state index contributed by atoms with van der Waals surface area (Å²) in [5.41, 5.74) is 0.646. The van der Waals surface area contributed by atoms with Crippen molar-refractivity contribution in [3.8, 4) is 11.8 Å². The van der Waals surface area contributed by atoms with E-state index in [4.69, 9.17) is 16.3 Å². The van der Waals surface area contributed by atoms with Gasteiger partial charge in [0.2, 0.25) is 5.91 Å². The number of amides is 3. The van der Waals surface area contributed by atoms with Gasteiger partial charge in [0.25, 0.3) is 5.91 Å². The van der Waals surface area contributed by atoms with Crippen LogP contribution in [0.15, 0.2) is 42.5 Å². The Morgan fingerprint density at radius 1 is 1.13 bits per heavy atom. The van der Waals surface area contributed by atoms with Gasteiger partial charge in [-0.25, -0.2) is 4.79 Å². The Morgan fingerprint density at radius 2 is 1.76 bits per heavy atom. The quantitative estimate of drug-likeness (QED) is 0.367. The van der Waals surface area contributed by atoms with Gasteiger partial charge in [0.1, 0.15) is 30.0 Å². The van der Waals surface area contributed by atoms with Crippen molar-refractivity contribution in [1.82, 2.24) is 10.2 Å². The van der Waals surface area contributed by atoms with E-state index in [-0.39, 0.29) is 18.1 Å². The number of anilines is 1. The van der Waals surface area contributed by atoms with E-state index in [9.17, 15) is 24.8 Å². The summed E-state index contributed by atoms with van der Waals surface area (Å²) >= 11 is 6.32. The number of halogens is 1. The third kappa shape index (κ3) is 8.67. The fraction of sp³-hybridized carbons (Fsp3) is 0.429. The van der Waals surface area contributed by atoms with Gasteiger partial charge in [-0.3, -0.25) is 9.59 Å². The van der Waals surface area contributed by atoms with Crippen LogP contribution >= 0.6 is 11.6 Å². The molecule has 2 unspecified atom stereocenters. The number of nitrogens with zero attached hydrogens (tertiary/aromatic N) is 2. The number of nitriles is 1. The minimum absolute atomic E-state index is 0.00505. The van der Waals surface area contributed by atoms with Gasteiger partial charge >= 0.3 is 6.09 Å². The predicted molar refractivity (Wildman–Crippen MR) is 146 cm³/mol. The SMILES string of the molecule is Cc1cccc(Cl)c1NC(=O)C(c1ccc(O)cc1)N(CC#N)C(=O)C(CC(C)C)NC(=O)OC(C)(C)C. The average molecular weight is 543 g/mol. The molecule has 2 rings (SSSR count). The molecule has 0 bridgehead atoms. The molecule has 0 aromatic heterocycles. The molecule has 204 valence electrons. The standard InChI is InChI=1S/C28H35ClN4O5/c1-17(2)16-22(31-27(37)38-28(4,5)6)26(36)33(15-14-30)24(19-10-12-20(34)13-11-19)25(35)32-23-18(3)8-7-9-21(23)29/h7-13,17,22,24,34H,15-16H2,1-6H3,(H,31,37)(H,32,35). The third-order valence-electron chi connectivity index (χ3n) is 5.46. The lowest BCUT2D eigenvalue weighted by Gasteiger charge is -2.33. The highest BCUT2D eigenvalue weighted by molar-refractivity contribution is 6.34. The van der Waals surface area contributed by atoms with Crippen molar-refractivity contribution < 1.29 is 24.2 Å². The zero-order valence-corrected chi connectivity index (χ0v) is 23.3. The van der Waals surface area contributed by atoms with Crippen molar-refractivity contribution in [2.24, 2.45) is 5.92 Å². The molecule has 2 aromatic carbocycles. The number of alkyl carbamates (subject to hydrolysis) is 1. The minimum Gasteiger partial charge on any atom is -0.508 e. The van der Waals surface area contributed by atoms with Crippen LogP contribution in [0.25, 0.3) is 0 Å². The zero-order valence-electron chi connectivity index (χ0n) is 22.5. The molecule has 10 heteroatoms. The van der Waals surface area contributed by atoms with Gasteiger partial charge in [-0.2, -0.15) is 5.26 Å². The molecule has 9 nitrogen and oxygen atoms in total. The molecule has 0 saturated heterocycles. The second-order valence-corrected chi connectivity index (χ2v) is 10.8. The Labute approximate surface area is 228 Å². The monoisotopic (exact) mass is 542 g/mol. The first kappa shape index (κ1) is 30.5. The van der Waals surface area contributed by atoms with Crippen LogP contribution in [0.5, 0.6) is 5.75 Å². The first-order valence-electron chi connectivity index (χ1n) is 12.2. The number of carbonyl (C=O) groups is 3. The van der Waals surface area contributed by atoms with E-state index in [1.54, 1.807) is 45.9 Å². The Balaban J connectivity index is 2.54. The number of aromatic hydroxyl groups is 1. The number of hydrogen-bond acceptors (Lipinski definition) is 6. The van der Waals surface area contributed by atoms with E-state index in [2.05, 4.69) is 10.6 Å². The number of benzene rings is 2. The highest BCUT2D eigenvalue weighted by atomic mass is 35.5. The van der Waals surface area contributed by atoms with Gasteiger partial charge in [0.05, 0.1) is 16.8 Å². The molecule has 38 heavy (non-hydrogen) atoms. The van der Waals surface area contributed by atoms with Crippen molar-refractivity contribution in [2.45, 2.75) is 65.6 Å². The number of nitrogens with one attached hydrogen (secondary N) is 2. The molecule has 3 amide bonds. The summed E-state index contributed by atoms with van der Waals surface area (Å²) in [7, 11) is 0. The molecule has 2 aromatic rings. The number of hydrogen-bond donors (Lipinski definition) is 3. The topological polar surface area (TPSA) is 132 Å². The summed E-state index contributed by atoms with van der Waals surface area (Å²) in [5, 5.41) is 25.1.